The van der Waals surface area contributed by atoms with Crippen molar-refractivity contribution in [2.24, 2.45) is 0 Å². The highest BCUT2D eigenvalue weighted by molar-refractivity contribution is 5.32. The Balaban J connectivity index is 1.80. The van der Waals surface area contributed by atoms with Gasteiger partial charge in [-0.25, -0.2) is 0 Å². The highest BCUT2D eigenvalue weighted by Crippen LogP contribution is 2.24. The molecule has 106 valence electrons. The van der Waals surface area contributed by atoms with Gasteiger partial charge in [-0.3, -0.25) is 0 Å². The van der Waals surface area contributed by atoms with Crippen LogP contribution >= 0.6 is 0 Å². The second-order valence-electron chi connectivity index (χ2n) is 5.41. The molecule has 19 heavy (non-hydrogen) atoms. The number of nitrogens with one attached hydrogen (secondary N) is 1. The van der Waals surface area contributed by atoms with Gasteiger partial charge in [0.2, 0.25) is 0 Å². The lowest BCUT2D eigenvalue weighted by molar-refractivity contribution is 0.142. The maximum atomic E-state index is 9.50. The second-order valence-corrected chi connectivity index (χ2v) is 5.41. The van der Waals surface area contributed by atoms with Crippen LogP contribution in [0.4, 0.5) is 0 Å². The van der Waals surface area contributed by atoms with Gasteiger partial charge in [0.25, 0.3) is 0 Å². The fourth-order valence-electron chi connectivity index (χ4n) is 2.00. The second kappa shape index (κ2) is 6.26. The highest BCUT2D eigenvalue weighted by atomic mass is 16.5. The SMILES string of the molecule is COc1cccc(OCCC(C)(CO)NC2CC2)c1. The molecule has 0 bridgehead atoms. The first-order valence-corrected chi connectivity index (χ1v) is 6.81. The van der Waals surface area contributed by atoms with Crippen molar-refractivity contribution in [3.63, 3.8) is 0 Å². The molecule has 0 spiro atoms. The Bertz CT molecular complexity index is 406. The third-order valence-corrected chi connectivity index (χ3v) is 3.44. The molecular formula is C15H23NO3. The lowest BCUT2D eigenvalue weighted by Gasteiger charge is -2.29. The number of hydrogen-bond acceptors (Lipinski definition) is 4. The largest absolute Gasteiger partial charge is 0.497 e. The topological polar surface area (TPSA) is 50.7 Å². The standard InChI is InChI=1S/C15H23NO3/c1-15(11-17,16-12-6-7-12)8-9-19-14-5-3-4-13(10-14)18-2/h3-5,10,12,16-17H,6-9,11H2,1-2H3. The van der Waals surface area contributed by atoms with Gasteiger partial charge >= 0.3 is 0 Å². The van der Waals surface area contributed by atoms with Crippen LogP contribution in [0.15, 0.2) is 24.3 Å². The smallest absolute Gasteiger partial charge is 0.122 e. The summed E-state index contributed by atoms with van der Waals surface area (Å²) in [6.45, 7) is 2.75. The van der Waals surface area contributed by atoms with Gasteiger partial charge in [0.05, 0.1) is 20.3 Å². The van der Waals surface area contributed by atoms with Crippen molar-refractivity contribution in [1.29, 1.82) is 0 Å². The quantitative estimate of drug-likeness (QED) is 0.754. The van der Waals surface area contributed by atoms with Crippen molar-refractivity contribution in [2.75, 3.05) is 20.3 Å². The van der Waals surface area contributed by atoms with E-state index in [1.54, 1.807) is 7.11 Å². The summed E-state index contributed by atoms with van der Waals surface area (Å²) in [5, 5.41) is 13.0. The molecule has 4 nitrogen and oxygen atoms in total. The van der Waals surface area contributed by atoms with Crippen LogP contribution in [0.1, 0.15) is 26.2 Å². The Hall–Kier alpha value is -1.26. The molecule has 1 atom stereocenters. The molecule has 1 saturated carbocycles. The molecule has 2 N–H and O–H groups in total. The first kappa shape index (κ1) is 14.2. The summed E-state index contributed by atoms with van der Waals surface area (Å²) in [5.41, 5.74) is -0.250. The minimum atomic E-state index is -0.250. The minimum Gasteiger partial charge on any atom is -0.497 e. The first-order chi connectivity index (χ1) is 9.15. The zero-order chi connectivity index (χ0) is 13.7. The number of benzene rings is 1. The lowest BCUT2D eigenvalue weighted by atomic mass is 9.99. The molecule has 0 aromatic heterocycles. The van der Waals surface area contributed by atoms with E-state index in [9.17, 15) is 5.11 Å². The minimum absolute atomic E-state index is 0.130. The molecule has 0 aliphatic heterocycles. The molecule has 1 aromatic rings. The summed E-state index contributed by atoms with van der Waals surface area (Å²) >= 11 is 0. The van der Waals surface area contributed by atoms with E-state index in [4.69, 9.17) is 9.47 Å². The number of rotatable bonds is 8. The number of aliphatic hydroxyl groups excluding tert-OH is 1. The van der Waals surface area contributed by atoms with Gasteiger partial charge in [-0.05, 0) is 31.9 Å². The molecule has 0 saturated heterocycles. The molecule has 1 aliphatic carbocycles. The van der Waals surface area contributed by atoms with E-state index in [1.165, 1.54) is 12.8 Å². The molecule has 4 heteroatoms. The van der Waals surface area contributed by atoms with Gasteiger partial charge < -0.3 is 19.9 Å². The molecule has 2 rings (SSSR count). The summed E-state index contributed by atoms with van der Waals surface area (Å²) in [6.07, 6.45) is 3.20. The van der Waals surface area contributed by atoms with Crippen molar-refractivity contribution in [3.05, 3.63) is 24.3 Å². The number of ether oxygens (including phenoxy) is 2. The molecule has 1 unspecified atom stereocenters. The third-order valence-electron chi connectivity index (χ3n) is 3.44. The van der Waals surface area contributed by atoms with Crippen LogP contribution in [0.3, 0.4) is 0 Å². The van der Waals surface area contributed by atoms with Crippen molar-refractivity contribution in [2.45, 2.75) is 37.8 Å². The van der Waals surface area contributed by atoms with Crippen LogP contribution in [0, 0.1) is 0 Å². The average Bonchev–Trinajstić information content (AvgIpc) is 3.23. The van der Waals surface area contributed by atoms with Crippen LogP contribution < -0.4 is 14.8 Å². The van der Waals surface area contributed by atoms with Crippen LogP contribution in [0.2, 0.25) is 0 Å². The van der Waals surface area contributed by atoms with Gasteiger partial charge in [0.15, 0.2) is 0 Å². The third kappa shape index (κ3) is 4.40. The normalized spacial score (nSPS) is 17.8. The van der Waals surface area contributed by atoms with E-state index in [2.05, 4.69) is 5.32 Å². The van der Waals surface area contributed by atoms with Gasteiger partial charge in [-0.15, -0.1) is 0 Å². The summed E-state index contributed by atoms with van der Waals surface area (Å²) in [7, 11) is 1.64. The fourth-order valence-corrected chi connectivity index (χ4v) is 2.00. The van der Waals surface area contributed by atoms with Crippen molar-refractivity contribution >= 4 is 0 Å². The maximum Gasteiger partial charge on any atom is 0.122 e. The van der Waals surface area contributed by atoms with E-state index in [0.29, 0.717) is 12.6 Å². The van der Waals surface area contributed by atoms with Crippen molar-refractivity contribution in [3.8, 4) is 11.5 Å². The highest BCUT2D eigenvalue weighted by Gasteiger charge is 2.31. The van der Waals surface area contributed by atoms with E-state index in [1.807, 2.05) is 31.2 Å². The number of hydrogen-bond donors (Lipinski definition) is 2. The monoisotopic (exact) mass is 265 g/mol. The molecule has 0 amide bonds. The first-order valence-electron chi connectivity index (χ1n) is 6.81. The summed E-state index contributed by atoms with van der Waals surface area (Å²) in [4.78, 5) is 0. The number of methoxy groups -OCH3 is 1. The van der Waals surface area contributed by atoms with Crippen molar-refractivity contribution < 1.29 is 14.6 Å². The Morgan fingerprint density at radius 3 is 2.74 bits per heavy atom. The van der Waals surface area contributed by atoms with E-state index < -0.39 is 0 Å². The molecule has 0 radical (unpaired) electrons. The molecule has 1 aliphatic rings. The predicted octanol–water partition coefficient (Wildman–Crippen LogP) is 1.97. The number of aliphatic hydroxyl groups is 1. The summed E-state index contributed by atoms with van der Waals surface area (Å²) in [6, 6.07) is 8.15. The van der Waals surface area contributed by atoms with Gasteiger partial charge in [0.1, 0.15) is 11.5 Å². The van der Waals surface area contributed by atoms with Crippen LogP contribution in [-0.2, 0) is 0 Å². The van der Waals surface area contributed by atoms with Gasteiger partial charge in [-0.2, -0.15) is 0 Å². The molecule has 1 aromatic carbocycles. The predicted molar refractivity (Wildman–Crippen MR) is 74.8 cm³/mol. The fraction of sp³-hybridized carbons (Fsp3) is 0.600. The Morgan fingerprint density at radius 2 is 2.11 bits per heavy atom. The van der Waals surface area contributed by atoms with Crippen molar-refractivity contribution in [1.82, 2.24) is 5.32 Å². The zero-order valence-corrected chi connectivity index (χ0v) is 11.7. The van der Waals surface area contributed by atoms with E-state index in [0.717, 1.165) is 17.9 Å². The van der Waals surface area contributed by atoms with E-state index in [-0.39, 0.29) is 12.1 Å². The Morgan fingerprint density at radius 1 is 1.37 bits per heavy atom. The average molecular weight is 265 g/mol. The molecule has 0 heterocycles. The summed E-state index contributed by atoms with van der Waals surface area (Å²) < 4.78 is 10.9. The molecule has 1 fully saturated rings. The van der Waals surface area contributed by atoms with Gasteiger partial charge in [-0.1, -0.05) is 6.07 Å². The van der Waals surface area contributed by atoms with Gasteiger partial charge in [0, 0.05) is 24.1 Å². The Labute approximate surface area is 114 Å². The maximum absolute atomic E-state index is 9.50. The summed E-state index contributed by atoms with van der Waals surface area (Å²) in [5.74, 6) is 1.59. The molecular weight excluding hydrogens is 242 g/mol. The van der Waals surface area contributed by atoms with Crippen LogP contribution in [0.25, 0.3) is 0 Å². The lowest BCUT2D eigenvalue weighted by Crippen LogP contribution is -2.48. The Kier molecular flexibility index (Phi) is 4.66. The van der Waals surface area contributed by atoms with Crippen LogP contribution in [-0.4, -0.2) is 37.0 Å². The van der Waals surface area contributed by atoms with Crippen LogP contribution in [0.5, 0.6) is 11.5 Å². The zero-order valence-electron chi connectivity index (χ0n) is 11.7. The van der Waals surface area contributed by atoms with E-state index >= 15 is 0 Å².